The molecule has 1 aliphatic heterocycles. The van der Waals surface area contributed by atoms with Crippen molar-refractivity contribution in [3.63, 3.8) is 0 Å². The van der Waals surface area contributed by atoms with E-state index in [-0.39, 0.29) is 11.5 Å². The van der Waals surface area contributed by atoms with Gasteiger partial charge < -0.3 is 20.1 Å². The van der Waals surface area contributed by atoms with E-state index in [1.54, 1.807) is 0 Å². The van der Waals surface area contributed by atoms with Crippen LogP contribution in [0.2, 0.25) is 0 Å². The van der Waals surface area contributed by atoms with E-state index in [1.165, 1.54) is 24.4 Å². The average molecular weight is 450 g/mol. The third kappa shape index (κ3) is 5.30. The maximum atomic E-state index is 11.0. The van der Waals surface area contributed by atoms with Crippen molar-refractivity contribution in [2.24, 2.45) is 5.10 Å². The zero-order chi connectivity index (χ0) is 23.2. The summed E-state index contributed by atoms with van der Waals surface area (Å²) in [5.41, 5.74) is 4.37. The van der Waals surface area contributed by atoms with Crippen molar-refractivity contribution in [1.29, 1.82) is 0 Å². The van der Waals surface area contributed by atoms with Crippen LogP contribution in [0.5, 0.6) is 5.75 Å². The number of ether oxygens (including phenoxy) is 1. The summed E-state index contributed by atoms with van der Waals surface area (Å²) in [6, 6.07) is 11.9. The standard InChI is InChI=1S/C21H22N8O4/c1-14-5-2-3-7-16(14)23-19-24-20(26-21(25-19)28-9-11-33-12-10-28)27-22-13-15-6-4-8-17(18(15)30)29(31)32/h2-8,13,30H,9-12H2,1H3,(H2,23,24,25,26,27)/b22-13+. The molecule has 0 bridgehead atoms. The van der Waals surface area contributed by atoms with E-state index in [0.29, 0.717) is 38.2 Å². The molecule has 3 N–H and O–H groups in total. The average Bonchev–Trinajstić information content (AvgIpc) is 2.82. The molecular weight excluding hydrogens is 428 g/mol. The molecule has 2 aromatic carbocycles. The fourth-order valence-electron chi connectivity index (χ4n) is 3.17. The van der Waals surface area contributed by atoms with Gasteiger partial charge in [0.2, 0.25) is 23.6 Å². The zero-order valence-electron chi connectivity index (χ0n) is 17.8. The summed E-state index contributed by atoms with van der Waals surface area (Å²) in [5, 5.41) is 28.3. The molecule has 1 fully saturated rings. The van der Waals surface area contributed by atoms with Crippen molar-refractivity contribution in [3.05, 3.63) is 63.7 Å². The van der Waals surface area contributed by atoms with Crippen LogP contribution in [0.15, 0.2) is 47.6 Å². The van der Waals surface area contributed by atoms with Gasteiger partial charge in [0.1, 0.15) is 0 Å². The lowest BCUT2D eigenvalue weighted by Crippen LogP contribution is -2.37. The van der Waals surface area contributed by atoms with Gasteiger partial charge in [-0.15, -0.1) is 0 Å². The number of nitro benzene ring substituents is 1. The molecule has 0 amide bonds. The van der Waals surface area contributed by atoms with Gasteiger partial charge in [-0.25, -0.2) is 5.43 Å². The molecule has 4 rings (SSSR count). The second kappa shape index (κ2) is 9.87. The monoisotopic (exact) mass is 450 g/mol. The van der Waals surface area contributed by atoms with E-state index in [9.17, 15) is 15.2 Å². The van der Waals surface area contributed by atoms with E-state index in [2.05, 4.69) is 30.8 Å². The molecule has 1 saturated heterocycles. The first kappa shape index (κ1) is 21.9. The summed E-state index contributed by atoms with van der Waals surface area (Å²) in [6.45, 7) is 4.38. The van der Waals surface area contributed by atoms with Gasteiger partial charge in [-0.05, 0) is 24.6 Å². The van der Waals surface area contributed by atoms with E-state index in [0.717, 1.165) is 11.3 Å². The number of phenolic OH excluding ortho intramolecular Hbond substituents is 1. The Morgan fingerprint density at radius 1 is 1.12 bits per heavy atom. The lowest BCUT2D eigenvalue weighted by molar-refractivity contribution is -0.385. The number of hydrogen-bond donors (Lipinski definition) is 3. The molecule has 0 radical (unpaired) electrons. The van der Waals surface area contributed by atoms with Gasteiger partial charge in [-0.1, -0.05) is 24.3 Å². The van der Waals surface area contributed by atoms with Crippen LogP contribution in [0.1, 0.15) is 11.1 Å². The van der Waals surface area contributed by atoms with Gasteiger partial charge in [0.05, 0.1) is 24.4 Å². The number of morpholine rings is 1. The van der Waals surface area contributed by atoms with Crippen LogP contribution in [0.4, 0.5) is 29.2 Å². The number of anilines is 4. The summed E-state index contributed by atoms with van der Waals surface area (Å²) in [6.07, 6.45) is 1.26. The Morgan fingerprint density at radius 2 is 1.88 bits per heavy atom. The molecule has 1 aromatic heterocycles. The van der Waals surface area contributed by atoms with Crippen molar-refractivity contribution in [3.8, 4) is 5.75 Å². The third-order valence-electron chi connectivity index (χ3n) is 4.92. The first-order valence-corrected chi connectivity index (χ1v) is 10.2. The number of aromatic nitrogens is 3. The Bertz CT molecular complexity index is 1180. The van der Waals surface area contributed by atoms with Gasteiger partial charge in [-0.2, -0.15) is 20.1 Å². The summed E-state index contributed by atoms with van der Waals surface area (Å²) in [4.78, 5) is 25.7. The number of aryl methyl sites for hydroxylation is 1. The van der Waals surface area contributed by atoms with Crippen LogP contribution >= 0.6 is 0 Å². The van der Waals surface area contributed by atoms with E-state index in [4.69, 9.17) is 4.74 Å². The maximum absolute atomic E-state index is 11.0. The fraction of sp³-hybridized carbons (Fsp3) is 0.238. The summed E-state index contributed by atoms with van der Waals surface area (Å²) < 4.78 is 5.41. The highest BCUT2D eigenvalue weighted by Gasteiger charge is 2.18. The Kier molecular flexibility index (Phi) is 6.55. The molecule has 1 aliphatic rings. The summed E-state index contributed by atoms with van der Waals surface area (Å²) in [7, 11) is 0. The number of aromatic hydroxyl groups is 1. The minimum Gasteiger partial charge on any atom is -0.502 e. The van der Waals surface area contributed by atoms with Crippen molar-refractivity contribution in [2.75, 3.05) is 41.9 Å². The second-order valence-corrected chi connectivity index (χ2v) is 7.16. The third-order valence-corrected chi connectivity index (χ3v) is 4.92. The topological polar surface area (TPSA) is 151 Å². The van der Waals surface area contributed by atoms with Crippen LogP contribution in [-0.2, 0) is 4.74 Å². The molecule has 3 aromatic rings. The number of phenols is 1. The summed E-state index contributed by atoms with van der Waals surface area (Å²) >= 11 is 0. The molecule has 2 heterocycles. The molecule has 0 atom stereocenters. The quantitative estimate of drug-likeness (QED) is 0.278. The summed E-state index contributed by atoms with van der Waals surface area (Å²) in [5.74, 6) is 0.486. The number of para-hydroxylation sites is 2. The van der Waals surface area contributed by atoms with E-state index in [1.807, 2.05) is 36.1 Å². The normalized spacial score (nSPS) is 13.8. The van der Waals surface area contributed by atoms with Gasteiger partial charge >= 0.3 is 5.69 Å². The minimum atomic E-state index is -0.662. The molecule has 12 heteroatoms. The van der Waals surface area contributed by atoms with Gasteiger partial charge in [-0.3, -0.25) is 10.1 Å². The SMILES string of the molecule is Cc1ccccc1Nc1nc(N/N=C/c2cccc([N+](=O)[O-])c2O)nc(N2CCOCC2)n1. The predicted octanol–water partition coefficient (Wildman–Crippen LogP) is 2.82. The van der Waals surface area contributed by atoms with Crippen LogP contribution in [0.3, 0.4) is 0 Å². The number of nitrogens with zero attached hydrogens (tertiary/aromatic N) is 6. The van der Waals surface area contributed by atoms with Crippen LogP contribution < -0.4 is 15.6 Å². The van der Waals surface area contributed by atoms with E-state index >= 15 is 0 Å². The van der Waals surface area contributed by atoms with Crippen molar-refractivity contribution >= 4 is 35.4 Å². The first-order valence-electron chi connectivity index (χ1n) is 10.2. The Morgan fingerprint density at radius 3 is 2.64 bits per heavy atom. The molecule has 0 spiro atoms. The highest BCUT2D eigenvalue weighted by molar-refractivity contribution is 5.85. The van der Waals surface area contributed by atoms with Crippen LogP contribution in [0.25, 0.3) is 0 Å². The fourth-order valence-corrected chi connectivity index (χ4v) is 3.17. The van der Waals surface area contributed by atoms with Gasteiger partial charge in [0.15, 0.2) is 0 Å². The van der Waals surface area contributed by atoms with Gasteiger partial charge in [0.25, 0.3) is 0 Å². The number of nitro groups is 1. The maximum Gasteiger partial charge on any atom is 0.311 e. The smallest absolute Gasteiger partial charge is 0.311 e. The molecule has 33 heavy (non-hydrogen) atoms. The molecule has 0 saturated carbocycles. The zero-order valence-corrected chi connectivity index (χ0v) is 17.8. The number of rotatable bonds is 7. The molecule has 0 unspecified atom stereocenters. The Labute approximate surface area is 189 Å². The predicted molar refractivity (Wildman–Crippen MR) is 123 cm³/mol. The highest BCUT2D eigenvalue weighted by Crippen LogP contribution is 2.28. The lowest BCUT2D eigenvalue weighted by Gasteiger charge is -2.27. The molecular formula is C21H22N8O4. The van der Waals surface area contributed by atoms with Crippen LogP contribution in [0, 0.1) is 17.0 Å². The Balaban J connectivity index is 1.60. The minimum absolute atomic E-state index is 0.170. The first-order chi connectivity index (χ1) is 16.0. The van der Waals surface area contributed by atoms with E-state index < -0.39 is 16.4 Å². The highest BCUT2D eigenvalue weighted by atomic mass is 16.6. The number of nitrogens with one attached hydrogen (secondary N) is 2. The number of benzene rings is 2. The number of hydrogen-bond acceptors (Lipinski definition) is 11. The lowest BCUT2D eigenvalue weighted by atomic mass is 10.2. The molecule has 170 valence electrons. The second-order valence-electron chi connectivity index (χ2n) is 7.16. The van der Waals surface area contributed by atoms with Crippen molar-refractivity contribution in [2.45, 2.75) is 6.92 Å². The van der Waals surface area contributed by atoms with Gasteiger partial charge in [0, 0.05) is 30.4 Å². The largest absolute Gasteiger partial charge is 0.502 e. The van der Waals surface area contributed by atoms with Crippen molar-refractivity contribution < 1.29 is 14.8 Å². The Hall–Kier alpha value is -4.32. The molecule has 12 nitrogen and oxygen atoms in total. The number of hydrazone groups is 1. The molecule has 0 aliphatic carbocycles. The van der Waals surface area contributed by atoms with Crippen LogP contribution in [-0.4, -0.2) is 57.5 Å². The van der Waals surface area contributed by atoms with Crippen molar-refractivity contribution in [1.82, 2.24) is 15.0 Å².